The quantitative estimate of drug-likeness (QED) is 0.892. The third kappa shape index (κ3) is 3.22. The topological polar surface area (TPSA) is 58.4 Å². The SMILES string of the molecule is CC(C(=O)O)N(C)Cc1cn(C)nc1C(F)(F)F. The molecule has 0 fully saturated rings. The van der Waals surface area contributed by atoms with E-state index >= 15 is 0 Å². The van der Waals surface area contributed by atoms with Crippen LogP contribution in [0.1, 0.15) is 18.2 Å². The number of alkyl halides is 3. The number of hydrogen-bond acceptors (Lipinski definition) is 3. The highest BCUT2D eigenvalue weighted by molar-refractivity contribution is 5.72. The van der Waals surface area contributed by atoms with E-state index in [4.69, 9.17) is 5.11 Å². The Balaban J connectivity index is 2.94. The summed E-state index contributed by atoms with van der Waals surface area (Å²) in [6.45, 7) is 1.28. The van der Waals surface area contributed by atoms with Crippen LogP contribution in [-0.2, 0) is 24.6 Å². The van der Waals surface area contributed by atoms with Gasteiger partial charge in [0.05, 0.1) is 0 Å². The van der Waals surface area contributed by atoms with Crippen LogP contribution in [0, 0.1) is 0 Å². The molecule has 0 aliphatic rings. The van der Waals surface area contributed by atoms with Gasteiger partial charge in [-0.15, -0.1) is 0 Å². The van der Waals surface area contributed by atoms with E-state index in [1.165, 1.54) is 32.1 Å². The molecule has 0 aliphatic carbocycles. The highest BCUT2D eigenvalue weighted by Crippen LogP contribution is 2.31. The molecular weight excluding hydrogens is 251 g/mol. The molecule has 0 bridgehead atoms. The maximum absolute atomic E-state index is 12.7. The third-order valence-corrected chi connectivity index (χ3v) is 2.61. The van der Waals surface area contributed by atoms with Crippen molar-refractivity contribution in [3.8, 4) is 0 Å². The van der Waals surface area contributed by atoms with E-state index in [2.05, 4.69) is 5.10 Å². The maximum Gasteiger partial charge on any atom is 0.435 e. The fourth-order valence-electron chi connectivity index (χ4n) is 1.49. The Morgan fingerprint density at radius 1 is 1.61 bits per heavy atom. The van der Waals surface area contributed by atoms with Gasteiger partial charge in [0, 0.05) is 25.4 Å². The van der Waals surface area contributed by atoms with Crippen molar-refractivity contribution in [2.45, 2.75) is 25.7 Å². The summed E-state index contributed by atoms with van der Waals surface area (Å²) in [6, 6.07) is -0.869. The smallest absolute Gasteiger partial charge is 0.435 e. The Kier molecular flexibility index (Phi) is 4.00. The van der Waals surface area contributed by atoms with Crippen LogP contribution in [0.5, 0.6) is 0 Å². The molecule has 0 saturated heterocycles. The van der Waals surface area contributed by atoms with Crippen molar-refractivity contribution < 1.29 is 23.1 Å². The molecule has 0 spiro atoms. The van der Waals surface area contributed by atoms with Gasteiger partial charge in [-0.25, -0.2) is 0 Å². The summed E-state index contributed by atoms with van der Waals surface area (Å²) in [5.74, 6) is -1.09. The van der Waals surface area contributed by atoms with Crippen LogP contribution >= 0.6 is 0 Å². The fourth-order valence-corrected chi connectivity index (χ4v) is 1.49. The van der Waals surface area contributed by atoms with Gasteiger partial charge < -0.3 is 5.11 Å². The second-order valence-corrected chi connectivity index (χ2v) is 4.10. The molecule has 0 amide bonds. The zero-order chi connectivity index (χ0) is 14.1. The van der Waals surface area contributed by atoms with E-state index in [1.807, 2.05) is 0 Å². The van der Waals surface area contributed by atoms with E-state index in [9.17, 15) is 18.0 Å². The minimum Gasteiger partial charge on any atom is -0.480 e. The number of halogens is 3. The predicted octanol–water partition coefficient (Wildman–Crippen LogP) is 1.34. The molecular formula is C10H14F3N3O2. The predicted molar refractivity (Wildman–Crippen MR) is 56.8 cm³/mol. The van der Waals surface area contributed by atoms with Gasteiger partial charge in [0.1, 0.15) is 6.04 Å². The Morgan fingerprint density at radius 2 is 2.17 bits per heavy atom. The summed E-state index contributed by atoms with van der Waals surface area (Å²) in [6.07, 6.45) is -3.29. The van der Waals surface area contributed by atoms with Crippen LogP contribution in [0.3, 0.4) is 0 Å². The first kappa shape index (κ1) is 14.5. The van der Waals surface area contributed by atoms with E-state index in [0.29, 0.717) is 0 Å². The summed E-state index contributed by atoms with van der Waals surface area (Å²) >= 11 is 0. The number of hydrogen-bond donors (Lipinski definition) is 1. The molecule has 5 nitrogen and oxygen atoms in total. The average molecular weight is 265 g/mol. The number of rotatable bonds is 4. The summed E-state index contributed by atoms with van der Waals surface area (Å²) in [4.78, 5) is 12.0. The van der Waals surface area contributed by atoms with Crippen molar-refractivity contribution in [3.05, 3.63) is 17.5 Å². The van der Waals surface area contributed by atoms with Gasteiger partial charge in [0.2, 0.25) is 0 Å². The van der Waals surface area contributed by atoms with Crippen LogP contribution in [-0.4, -0.2) is 38.8 Å². The summed E-state index contributed by atoms with van der Waals surface area (Å²) < 4.78 is 39.1. The Morgan fingerprint density at radius 3 is 2.61 bits per heavy atom. The molecule has 0 saturated carbocycles. The van der Waals surface area contributed by atoms with E-state index in [-0.39, 0.29) is 12.1 Å². The lowest BCUT2D eigenvalue weighted by atomic mass is 10.2. The minimum absolute atomic E-state index is 0.0411. The van der Waals surface area contributed by atoms with Crippen LogP contribution in [0.15, 0.2) is 6.20 Å². The first-order valence-electron chi connectivity index (χ1n) is 5.15. The van der Waals surface area contributed by atoms with Crippen LogP contribution < -0.4 is 0 Å². The van der Waals surface area contributed by atoms with Crippen molar-refractivity contribution in [3.63, 3.8) is 0 Å². The summed E-state index contributed by atoms with van der Waals surface area (Å²) in [7, 11) is 2.84. The lowest BCUT2D eigenvalue weighted by Gasteiger charge is -2.21. The van der Waals surface area contributed by atoms with Gasteiger partial charge in [0.15, 0.2) is 5.69 Å². The van der Waals surface area contributed by atoms with Gasteiger partial charge in [-0.1, -0.05) is 0 Å². The number of aryl methyl sites for hydroxylation is 1. The lowest BCUT2D eigenvalue weighted by Crippen LogP contribution is -2.35. The zero-order valence-corrected chi connectivity index (χ0v) is 10.2. The van der Waals surface area contributed by atoms with Gasteiger partial charge in [-0.05, 0) is 14.0 Å². The standard InChI is InChI=1S/C10H14F3N3O2/c1-6(9(17)18)15(2)4-7-5-16(3)14-8(7)10(11,12)13/h5-6H,4H2,1-3H3,(H,17,18). The summed E-state index contributed by atoms with van der Waals surface area (Å²) in [5.41, 5.74) is -1.02. The highest BCUT2D eigenvalue weighted by Gasteiger charge is 2.37. The van der Waals surface area contributed by atoms with Crippen molar-refractivity contribution in [2.75, 3.05) is 7.05 Å². The second kappa shape index (κ2) is 4.97. The van der Waals surface area contributed by atoms with Gasteiger partial charge in [0.25, 0.3) is 0 Å². The monoisotopic (exact) mass is 265 g/mol. The van der Waals surface area contributed by atoms with Crippen molar-refractivity contribution >= 4 is 5.97 Å². The molecule has 102 valence electrons. The molecule has 1 rings (SSSR count). The molecule has 1 N–H and O–H groups in total. The van der Waals surface area contributed by atoms with Crippen molar-refractivity contribution in [2.24, 2.45) is 7.05 Å². The molecule has 0 aromatic carbocycles. The number of likely N-dealkylation sites (N-methyl/N-ethyl adjacent to an activating group) is 1. The number of carboxylic acid groups (broad SMARTS) is 1. The van der Waals surface area contributed by atoms with E-state index in [1.54, 1.807) is 0 Å². The second-order valence-electron chi connectivity index (χ2n) is 4.10. The maximum atomic E-state index is 12.7. The first-order valence-corrected chi connectivity index (χ1v) is 5.15. The number of carboxylic acids is 1. The Bertz CT molecular complexity index is 442. The molecule has 1 heterocycles. The molecule has 1 aromatic rings. The third-order valence-electron chi connectivity index (χ3n) is 2.61. The van der Waals surface area contributed by atoms with Crippen molar-refractivity contribution in [1.82, 2.24) is 14.7 Å². The zero-order valence-electron chi connectivity index (χ0n) is 10.2. The number of aromatic nitrogens is 2. The highest BCUT2D eigenvalue weighted by atomic mass is 19.4. The molecule has 8 heteroatoms. The van der Waals surface area contributed by atoms with Crippen LogP contribution in [0.25, 0.3) is 0 Å². The first-order chi connectivity index (χ1) is 8.12. The largest absolute Gasteiger partial charge is 0.480 e. The van der Waals surface area contributed by atoms with Crippen LogP contribution in [0.2, 0.25) is 0 Å². The van der Waals surface area contributed by atoms with Gasteiger partial charge >= 0.3 is 12.1 Å². The molecule has 1 unspecified atom stereocenters. The molecule has 1 aromatic heterocycles. The number of aliphatic carboxylic acids is 1. The van der Waals surface area contributed by atoms with Gasteiger partial charge in [-0.3, -0.25) is 14.4 Å². The van der Waals surface area contributed by atoms with E-state index in [0.717, 1.165) is 4.68 Å². The Hall–Kier alpha value is -1.57. The molecule has 0 aliphatic heterocycles. The molecule has 0 radical (unpaired) electrons. The Labute approximate surface area is 102 Å². The minimum atomic E-state index is -4.54. The number of nitrogens with zero attached hydrogens (tertiary/aromatic N) is 3. The fraction of sp³-hybridized carbons (Fsp3) is 0.600. The van der Waals surface area contributed by atoms with Crippen molar-refractivity contribution in [1.29, 1.82) is 0 Å². The number of carbonyl (C=O) groups is 1. The molecule has 1 atom stereocenters. The normalized spacial score (nSPS) is 13.9. The molecule has 18 heavy (non-hydrogen) atoms. The lowest BCUT2D eigenvalue weighted by molar-refractivity contribution is -0.143. The van der Waals surface area contributed by atoms with Crippen LogP contribution in [0.4, 0.5) is 13.2 Å². The van der Waals surface area contributed by atoms with Gasteiger partial charge in [-0.2, -0.15) is 18.3 Å². The average Bonchev–Trinajstić information content (AvgIpc) is 2.57. The summed E-state index contributed by atoms with van der Waals surface area (Å²) in [5, 5.41) is 12.1. The van der Waals surface area contributed by atoms with E-state index < -0.39 is 23.9 Å².